The number of rotatable bonds is 7. The molecule has 148 valence electrons. The number of hydrogen-bond acceptors (Lipinski definition) is 7. The highest BCUT2D eigenvalue weighted by molar-refractivity contribution is 7.18. The molecule has 0 saturated heterocycles. The fourth-order valence-corrected chi connectivity index (χ4v) is 3.80. The number of aromatic amines is 1. The molecule has 0 unspecified atom stereocenters. The first-order chi connectivity index (χ1) is 13.4. The summed E-state index contributed by atoms with van der Waals surface area (Å²) in [6, 6.07) is 5.19. The summed E-state index contributed by atoms with van der Waals surface area (Å²) in [4.78, 5) is 33.3. The lowest BCUT2D eigenvalue weighted by molar-refractivity contribution is -0.145. The van der Waals surface area contributed by atoms with Crippen molar-refractivity contribution >= 4 is 27.5 Å². The maximum atomic E-state index is 12.5. The van der Waals surface area contributed by atoms with Gasteiger partial charge < -0.3 is 19.2 Å². The van der Waals surface area contributed by atoms with Gasteiger partial charge in [-0.25, -0.2) is 9.78 Å². The number of carbonyl (C=O) groups excluding carboxylic acids is 1. The first-order valence-electron chi connectivity index (χ1n) is 9.00. The molecule has 0 aliphatic heterocycles. The number of aryl methyl sites for hydroxylation is 2. The van der Waals surface area contributed by atoms with Crippen LogP contribution in [0.5, 0.6) is 11.5 Å². The summed E-state index contributed by atoms with van der Waals surface area (Å²) < 4.78 is 16.0. The number of ether oxygens (including phenoxy) is 3. The summed E-state index contributed by atoms with van der Waals surface area (Å²) in [5.74, 6) is 0.890. The van der Waals surface area contributed by atoms with E-state index in [2.05, 4.69) is 9.97 Å². The first-order valence-corrected chi connectivity index (χ1v) is 9.81. The van der Waals surface area contributed by atoms with Gasteiger partial charge in [0.25, 0.3) is 5.56 Å². The van der Waals surface area contributed by atoms with Gasteiger partial charge in [-0.3, -0.25) is 4.79 Å². The van der Waals surface area contributed by atoms with Gasteiger partial charge in [-0.2, -0.15) is 0 Å². The zero-order chi connectivity index (χ0) is 20.3. The van der Waals surface area contributed by atoms with Crippen molar-refractivity contribution in [1.82, 2.24) is 9.97 Å². The van der Waals surface area contributed by atoms with Crippen LogP contribution in [0.25, 0.3) is 21.6 Å². The molecular formula is C20H22N2O5S. The minimum Gasteiger partial charge on any atom is -0.490 e. The zero-order valence-corrected chi connectivity index (χ0v) is 17.1. The van der Waals surface area contributed by atoms with E-state index in [1.807, 2.05) is 20.8 Å². The molecule has 0 spiro atoms. The predicted octanol–water partition coefficient (Wildman–Crippen LogP) is 3.61. The number of aromatic nitrogens is 2. The summed E-state index contributed by atoms with van der Waals surface area (Å²) in [7, 11) is 0. The molecule has 3 aromatic rings. The number of hydrogen-bond donors (Lipinski definition) is 1. The van der Waals surface area contributed by atoms with Crippen molar-refractivity contribution in [2.75, 3.05) is 19.8 Å². The minimum atomic E-state index is -0.450. The van der Waals surface area contributed by atoms with Crippen molar-refractivity contribution in [2.45, 2.75) is 27.7 Å². The van der Waals surface area contributed by atoms with E-state index in [4.69, 9.17) is 14.2 Å². The Labute approximate surface area is 166 Å². The number of fused-ring (bicyclic) bond motifs is 1. The number of thiophene rings is 1. The van der Waals surface area contributed by atoms with E-state index in [9.17, 15) is 9.59 Å². The lowest BCUT2D eigenvalue weighted by Crippen LogP contribution is -2.15. The molecule has 2 aromatic heterocycles. The lowest BCUT2D eigenvalue weighted by atomic mass is 10.1. The molecule has 1 N–H and O–H groups in total. The molecule has 28 heavy (non-hydrogen) atoms. The van der Waals surface area contributed by atoms with Crippen molar-refractivity contribution in [3.8, 4) is 22.9 Å². The summed E-state index contributed by atoms with van der Waals surface area (Å²) in [6.45, 7) is 8.00. The van der Waals surface area contributed by atoms with Crippen molar-refractivity contribution in [2.24, 2.45) is 0 Å². The van der Waals surface area contributed by atoms with Gasteiger partial charge in [-0.15, -0.1) is 11.3 Å². The second kappa shape index (κ2) is 8.43. The Hall–Kier alpha value is -2.87. The molecule has 2 heterocycles. The smallest absolute Gasteiger partial charge is 0.344 e. The van der Waals surface area contributed by atoms with Gasteiger partial charge in [0.1, 0.15) is 10.7 Å². The van der Waals surface area contributed by atoms with Crippen molar-refractivity contribution < 1.29 is 19.0 Å². The molecule has 0 saturated carbocycles. The van der Waals surface area contributed by atoms with E-state index in [1.165, 1.54) is 11.3 Å². The maximum absolute atomic E-state index is 12.5. The molecular weight excluding hydrogens is 380 g/mol. The highest BCUT2D eigenvalue weighted by Crippen LogP contribution is 2.33. The van der Waals surface area contributed by atoms with E-state index >= 15 is 0 Å². The number of benzene rings is 1. The molecule has 1 aromatic carbocycles. The van der Waals surface area contributed by atoms with Gasteiger partial charge in [0.05, 0.1) is 18.6 Å². The molecule has 0 amide bonds. The Kier molecular flexibility index (Phi) is 5.99. The van der Waals surface area contributed by atoms with Gasteiger partial charge in [-0.05, 0) is 51.5 Å². The Morgan fingerprint density at radius 1 is 1.14 bits per heavy atom. The van der Waals surface area contributed by atoms with E-state index in [0.717, 1.165) is 10.4 Å². The number of nitrogens with zero attached hydrogens (tertiary/aromatic N) is 1. The molecule has 0 fully saturated rings. The van der Waals surface area contributed by atoms with Gasteiger partial charge in [-0.1, -0.05) is 0 Å². The third-order valence-corrected chi connectivity index (χ3v) is 5.31. The second-order valence-electron chi connectivity index (χ2n) is 6.07. The standard InChI is InChI=1S/C20H22N2O5S/c1-5-25-15-9-13(7-8-14(15)27-10-16(23)26-6-2)18-21-19(24)17-11(3)12(4)28-20(17)22-18/h7-9H,5-6,10H2,1-4H3,(H,21,22,24). The summed E-state index contributed by atoms with van der Waals surface area (Å²) in [5.41, 5.74) is 1.48. The Morgan fingerprint density at radius 2 is 1.93 bits per heavy atom. The van der Waals surface area contributed by atoms with Crippen LogP contribution in [0.1, 0.15) is 24.3 Å². The Morgan fingerprint density at radius 3 is 2.64 bits per heavy atom. The van der Waals surface area contributed by atoms with E-state index in [1.54, 1.807) is 25.1 Å². The van der Waals surface area contributed by atoms with Crippen LogP contribution < -0.4 is 15.0 Å². The molecule has 3 rings (SSSR count). The highest BCUT2D eigenvalue weighted by atomic mass is 32.1. The van der Waals surface area contributed by atoms with Crippen LogP contribution in [0.4, 0.5) is 0 Å². The lowest BCUT2D eigenvalue weighted by Gasteiger charge is -2.13. The number of nitrogens with one attached hydrogen (secondary N) is 1. The zero-order valence-electron chi connectivity index (χ0n) is 16.3. The van der Waals surface area contributed by atoms with Crippen LogP contribution >= 0.6 is 11.3 Å². The van der Waals surface area contributed by atoms with Gasteiger partial charge in [0.15, 0.2) is 18.1 Å². The number of esters is 1. The van der Waals surface area contributed by atoms with Crippen LogP contribution in [0.2, 0.25) is 0 Å². The fourth-order valence-electron chi connectivity index (χ4n) is 2.77. The molecule has 0 radical (unpaired) electrons. The van der Waals surface area contributed by atoms with Crippen LogP contribution in [0.15, 0.2) is 23.0 Å². The van der Waals surface area contributed by atoms with Gasteiger partial charge in [0, 0.05) is 10.4 Å². The normalized spacial score (nSPS) is 10.9. The van der Waals surface area contributed by atoms with Crippen LogP contribution in [0, 0.1) is 13.8 Å². The third kappa shape index (κ3) is 4.01. The van der Waals surface area contributed by atoms with Gasteiger partial charge >= 0.3 is 5.97 Å². The Balaban J connectivity index is 1.96. The van der Waals surface area contributed by atoms with Crippen molar-refractivity contribution in [3.63, 3.8) is 0 Å². The van der Waals surface area contributed by atoms with Crippen molar-refractivity contribution in [3.05, 3.63) is 39.0 Å². The predicted molar refractivity (Wildman–Crippen MR) is 108 cm³/mol. The van der Waals surface area contributed by atoms with E-state index < -0.39 is 5.97 Å². The highest BCUT2D eigenvalue weighted by Gasteiger charge is 2.15. The summed E-state index contributed by atoms with van der Waals surface area (Å²) in [5, 5.41) is 0.630. The van der Waals surface area contributed by atoms with E-state index in [0.29, 0.717) is 46.3 Å². The molecule has 7 nitrogen and oxygen atoms in total. The summed E-state index contributed by atoms with van der Waals surface area (Å²) in [6.07, 6.45) is 0. The largest absolute Gasteiger partial charge is 0.490 e. The quantitative estimate of drug-likeness (QED) is 0.607. The molecule has 0 aliphatic rings. The third-order valence-electron chi connectivity index (χ3n) is 4.21. The monoisotopic (exact) mass is 402 g/mol. The fraction of sp³-hybridized carbons (Fsp3) is 0.350. The average molecular weight is 402 g/mol. The van der Waals surface area contributed by atoms with Crippen LogP contribution in [0.3, 0.4) is 0 Å². The average Bonchev–Trinajstić information content (AvgIpc) is 2.95. The van der Waals surface area contributed by atoms with Crippen LogP contribution in [-0.2, 0) is 9.53 Å². The SMILES string of the molecule is CCOC(=O)COc1ccc(-c2nc3sc(C)c(C)c3c(=O)[nH]2)cc1OCC. The molecule has 0 aliphatic carbocycles. The first kappa shape index (κ1) is 19.9. The molecule has 0 atom stereocenters. The van der Waals surface area contributed by atoms with Gasteiger partial charge in [0.2, 0.25) is 0 Å². The molecule has 8 heteroatoms. The number of carbonyl (C=O) groups is 1. The topological polar surface area (TPSA) is 90.5 Å². The number of H-pyrrole nitrogens is 1. The summed E-state index contributed by atoms with van der Waals surface area (Å²) >= 11 is 1.50. The van der Waals surface area contributed by atoms with Crippen molar-refractivity contribution in [1.29, 1.82) is 0 Å². The Bertz CT molecular complexity index is 1070. The van der Waals surface area contributed by atoms with E-state index in [-0.39, 0.29) is 12.2 Å². The second-order valence-corrected chi connectivity index (χ2v) is 7.27. The maximum Gasteiger partial charge on any atom is 0.344 e. The molecule has 0 bridgehead atoms. The minimum absolute atomic E-state index is 0.164. The van der Waals surface area contributed by atoms with Crippen LogP contribution in [-0.4, -0.2) is 35.8 Å².